The van der Waals surface area contributed by atoms with Gasteiger partial charge in [-0.15, -0.1) is 0 Å². The fraction of sp³-hybridized carbons (Fsp3) is 0.618. The van der Waals surface area contributed by atoms with Gasteiger partial charge in [0.05, 0.1) is 16.4 Å². The van der Waals surface area contributed by atoms with Gasteiger partial charge in [0, 0.05) is 31.2 Å². The first kappa shape index (κ1) is 29.6. The van der Waals surface area contributed by atoms with Crippen LogP contribution < -0.4 is 5.73 Å². The number of rotatable bonds is 9. The van der Waals surface area contributed by atoms with Gasteiger partial charge in [0.15, 0.2) is 6.23 Å². The molecule has 3 fully saturated rings. The molecular formula is C34H47N7O3. The van der Waals surface area contributed by atoms with Gasteiger partial charge in [0.25, 0.3) is 0 Å². The van der Waals surface area contributed by atoms with Crippen LogP contribution in [0.2, 0.25) is 0 Å². The van der Waals surface area contributed by atoms with Crippen LogP contribution in [0.4, 0.5) is 5.82 Å². The molecule has 236 valence electrons. The number of imidazole rings is 1. The Morgan fingerprint density at radius 3 is 2.61 bits per heavy atom. The molecule has 10 heteroatoms. The summed E-state index contributed by atoms with van der Waals surface area (Å²) in [5.74, 6) is 2.58. The monoisotopic (exact) mass is 601 g/mol. The molecule has 0 spiro atoms. The summed E-state index contributed by atoms with van der Waals surface area (Å²) in [6.07, 6.45) is 6.64. The molecule has 10 nitrogen and oxygen atoms in total. The van der Waals surface area contributed by atoms with E-state index in [-0.39, 0.29) is 5.41 Å². The van der Waals surface area contributed by atoms with Gasteiger partial charge in [-0.3, -0.25) is 4.90 Å². The molecule has 4 atom stereocenters. The maximum atomic E-state index is 11.2. The molecule has 0 amide bonds. The number of nitrogens with zero attached hydrogens (tertiary/aromatic N) is 5. The van der Waals surface area contributed by atoms with Crippen LogP contribution in [-0.2, 0) is 16.6 Å². The third-order valence-corrected chi connectivity index (χ3v) is 10.2. The van der Waals surface area contributed by atoms with E-state index in [0.717, 1.165) is 66.3 Å². The number of benzene rings is 1. The first-order valence-electron chi connectivity index (χ1n) is 16.3. The predicted molar refractivity (Wildman–Crippen MR) is 171 cm³/mol. The van der Waals surface area contributed by atoms with Crippen molar-refractivity contribution in [3.8, 4) is 0 Å². The number of anilines is 1. The topological polar surface area (TPSA) is 138 Å². The van der Waals surface area contributed by atoms with Crippen molar-refractivity contribution in [3.63, 3.8) is 0 Å². The van der Waals surface area contributed by atoms with Gasteiger partial charge in [0.2, 0.25) is 0 Å². The van der Waals surface area contributed by atoms with Crippen molar-refractivity contribution in [1.29, 1.82) is 0 Å². The molecule has 5 N–H and O–H groups in total. The highest BCUT2D eigenvalue weighted by molar-refractivity contribution is 5.90. The molecule has 2 aliphatic carbocycles. The van der Waals surface area contributed by atoms with Crippen LogP contribution in [-0.4, -0.2) is 76.6 Å². The number of nitrogens with one attached hydrogen (secondary N) is 1. The van der Waals surface area contributed by atoms with Crippen molar-refractivity contribution in [2.24, 2.45) is 5.92 Å². The number of fused-ring (bicyclic) bond motifs is 2. The van der Waals surface area contributed by atoms with Gasteiger partial charge in [-0.25, -0.2) is 15.0 Å². The molecule has 44 heavy (non-hydrogen) atoms. The highest BCUT2D eigenvalue weighted by atomic mass is 16.6. The Hall–Kier alpha value is -3.05. The van der Waals surface area contributed by atoms with Gasteiger partial charge in [-0.2, -0.15) is 0 Å². The maximum absolute atomic E-state index is 11.2. The van der Waals surface area contributed by atoms with Gasteiger partial charge in [-0.05, 0) is 86.5 Å². The van der Waals surface area contributed by atoms with E-state index in [9.17, 15) is 10.2 Å². The lowest BCUT2D eigenvalue weighted by atomic mass is 9.76. The van der Waals surface area contributed by atoms with E-state index in [4.69, 9.17) is 15.5 Å². The smallest absolute Gasteiger partial charge is 0.164 e. The summed E-state index contributed by atoms with van der Waals surface area (Å²) in [5, 5.41) is 23.2. The van der Waals surface area contributed by atoms with Crippen molar-refractivity contribution in [2.75, 3.05) is 12.3 Å². The van der Waals surface area contributed by atoms with Crippen LogP contribution in [0.5, 0.6) is 0 Å². The van der Waals surface area contributed by atoms with Crippen LogP contribution in [0.15, 0.2) is 30.7 Å². The lowest BCUT2D eigenvalue weighted by molar-refractivity contribution is -0.0619. The average molecular weight is 602 g/mol. The van der Waals surface area contributed by atoms with Crippen LogP contribution in [0.1, 0.15) is 95.8 Å². The van der Waals surface area contributed by atoms with Crippen LogP contribution in [0.25, 0.3) is 22.1 Å². The quantitative estimate of drug-likeness (QED) is 0.215. The molecule has 3 aliphatic rings. The molecule has 0 radical (unpaired) electrons. The van der Waals surface area contributed by atoms with Crippen molar-refractivity contribution in [1.82, 2.24) is 29.4 Å². The zero-order valence-corrected chi connectivity index (χ0v) is 26.6. The first-order chi connectivity index (χ1) is 21.0. The van der Waals surface area contributed by atoms with E-state index >= 15 is 0 Å². The largest absolute Gasteiger partial charge is 0.387 e. The summed E-state index contributed by atoms with van der Waals surface area (Å²) in [6.45, 7) is 11.7. The van der Waals surface area contributed by atoms with Crippen LogP contribution >= 0.6 is 0 Å². The normalized spacial score (nSPS) is 27.7. The minimum absolute atomic E-state index is 0.106. The fourth-order valence-electron chi connectivity index (χ4n) is 7.33. The Kier molecular flexibility index (Phi) is 7.47. The summed E-state index contributed by atoms with van der Waals surface area (Å²) >= 11 is 0. The fourth-order valence-corrected chi connectivity index (χ4v) is 7.33. The highest BCUT2D eigenvalue weighted by Crippen LogP contribution is 2.46. The number of H-pyrrole nitrogens is 1. The lowest BCUT2D eigenvalue weighted by Crippen LogP contribution is -2.52. The van der Waals surface area contributed by atoms with Crippen LogP contribution in [0, 0.1) is 5.92 Å². The third-order valence-electron chi connectivity index (χ3n) is 10.2. The number of aromatic amines is 1. The Morgan fingerprint density at radius 2 is 1.91 bits per heavy atom. The average Bonchev–Trinajstić information content (AvgIpc) is 3.50. The number of nitrogen functional groups attached to an aromatic ring is 1. The molecule has 4 aromatic rings. The molecular weight excluding hydrogens is 554 g/mol. The standard InChI is InChI=1S/C34H47N7O3/c1-18(2)40(22-12-19(13-22)6-11-27-38-24-10-9-21(34(3,4)5)14-25(24)39-27)16-26-29(42)30(43)33(44-26)41-15-23(20-7-8-20)28-31(35)36-17-37-32(28)41/h9-10,14-15,17-20,22,26,29-30,33,42-43H,6-8,11-13,16H2,1-5H3,(H,38,39)(H2,35,36,37)/t19-,22+,26-,29-,30-,33-/m1/s1. The van der Waals surface area contributed by atoms with E-state index in [1.54, 1.807) is 0 Å². The Labute approximate surface area is 259 Å². The predicted octanol–water partition coefficient (Wildman–Crippen LogP) is 4.81. The Balaban J connectivity index is 0.983. The SMILES string of the molecule is CC(C)N(C[C@H]1O[C@@H](n2cc(C3CC3)c3c(N)ncnc32)[C@H](O)[C@@H]1O)[C@H]1C[C@@H](CCc2nc3cc(C(C)(C)C)ccc3[nH]2)C1. The molecule has 1 aliphatic heterocycles. The number of nitrogens with two attached hydrogens (primary N) is 1. The van der Waals surface area contributed by atoms with Crippen molar-refractivity contribution < 1.29 is 14.9 Å². The summed E-state index contributed by atoms with van der Waals surface area (Å²) in [4.78, 5) is 19.6. The van der Waals surface area contributed by atoms with Crippen molar-refractivity contribution in [3.05, 3.63) is 47.7 Å². The van der Waals surface area contributed by atoms with E-state index in [1.807, 2.05) is 10.8 Å². The lowest BCUT2D eigenvalue weighted by Gasteiger charge is -2.46. The molecule has 7 rings (SSSR count). The summed E-state index contributed by atoms with van der Waals surface area (Å²) < 4.78 is 8.29. The number of hydrogen-bond acceptors (Lipinski definition) is 8. The number of aromatic nitrogens is 5. The van der Waals surface area contributed by atoms with Gasteiger partial charge < -0.3 is 30.2 Å². The molecule has 1 saturated heterocycles. The number of aliphatic hydroxyl groups is 2. The number of ether oxygens (including phenoxy) is 1. The molecule has 1 aromatic carbocycles. The molecule has 4 heterocycles. The zero-order valence-electron chi connectivity index (χ0n) is 26.6. The number of aliphatic hydroxyl groups excluding tert-OH is 2. The molecule has 2 saturated carbocycles. The van der Waals surface area contributed by atoms with Gasteiger partial charge >= 0.3 is 0 Å². The number of aryl methyl sites for hydroxylation is 1. The Bertz CT molecular complexity index is 1650. The minimum Gasteiger partial charge on any atom is -0.387 e. The third kappa shape index (κ3) is 5.40. The molecule has 0 bridgehead atoms. The molecule has 0 unspecified atom stereocenters. The van der Waals surface area contributed by atoms with Crippen molar-refractivity contribution >= 4 is 27.9 Å². The van der Waals surface area contributed by atoms with Crippen molar-refractivity contribution in [2.45, 2.75) is 121 Å². The van der Waals surface area contributed by atoms with E-state index in [0.29, 0.717) is 41.9 Å². The Morgan fingerprint density at radius 1 is 1.14 bits per heavy atom. The van der Waals surface area contributed by atoms with E-state index in [2.05, 4.69) is 72.7 Å². The maximum Gasteiger partial charge on any atom is 0.164 e. The van der Waals surface area contributed by atoms with E-state index < -0.39 is 24.5 Å². The van der Waals surface area contributed by atoms with E-state index in [1.165, 1.54) is 11.9 Å². The minimum atomic E-state index is -1.06. The highest BCUT2D eigenvalue weighted by Gasteiger charge is 2.47. The summed E-state index contributed by atoms with van der Waals surface area (Å²) in [7, 11) is 0. The second kappa shape index (κ2) is 11.1. The second-order valence-electron chi connectivity index (χ2n) is 14.8. The number of hydrogen-bond donors (Lipinski definition) is 4. The van der Waals surface area contributed by atoms with Gasteiger partial charge in [-0.1, -0.05) is 26.8 Å². The van der Waals surface area contributed by atoms with Gasteiger partial charge in [0.1, 0.15) is 41.9 Å². The second-order valence-corrected chi connectivity index (χ2v) is 14.8. The van der Waals surface area contributed by atoms with Crippen LogP contribution in [0.3, 0.4) is 0 Å². The zero-order chi connectivity index (χ0) is 30.9. The summed E-state index contributed by atoms with van der Waals surface area (Å²) in [6, 6.07) is 7.29. The molecule has 3 aromatic heterocycles. The first-order valence-corrected chi connectivity index (χ1v) is 16.3. The summed E-state index contributed by atoms with van der Waals surface area (Å²) in [5.41, 5.74) is 11.6.